The lowest BCUT2D eigenvalue weighted by Gasteiger charge is -2.34. The minimum atomic E-state index is -5.50. The van der Waals surface area contributed by atoms with Crippen molar-refractivity contribution in [1.82, 2.24) is 14.9 Å². The molecule has 0 atom stereocenters. The number of hydrogen-bond donors (Lipinski definition) is 0. The third kappa shape index (κ3) is 4.49. The molecule has 1 aliphatic heterocycles. The van der Waals surface area contributed by atoms with Crippen molar-refractivity contribution in [2.24, 2.45) is 5.92 Å². The molecule has 1 aromatic heterocycles. The van der Waals surface area contributed by atoms with Crippen molar-refractivity contribution in [2.45, 2.75) is 24.9 Å². The zero-order chi connectivity index (χ0) is 16.2. The summed E-state index contributed by atoms with van der Waals surface area (Å²) < 4.78 is 67.9. The van der Waals surface area contributed by atoms with Gasteiger partial charge in [-0.15, -0.1) is 0 Å². The summed E-state index contributed by atoms with van der Waals surface area (Å²) in [6, 6.07) is 0. The normalized spacial score (nSPS) is 18.4. The zero-order valence-corrected chi connectivity index (χ0v) is 11.7. The molecule has 1 aromatic rings. The Labute approximate surface area is 124 Å². The Morgan fingerprint density at radius 1 is 1.14 bits per heavy atom. The molecule has 1 saturated heterocycles. The number of hydrogen-bond acceptors (Lipinski definition) is 4. The van der Waals surface area contributed by atoms with Crippen LogP contribution in [0.15, 0.2) is 18.6 Å². The number of rotatable bonds is 5. The molecule has 0 amide bonds. The summed E-state index contributed by atoms with van der Waals surface area (Å²) in [5, 5.41) is 0. The van der Waals surface area contributed by atoms with E-state index in [0.717, 1.165) is 4.90 Å². The third-order valence-electron chi connectivity index (χ3n) is 3.55. The van der Waals surface area contributed by atoms with E-state index in [9.17, 15) is 22.0 Å². The van der Waals surface area contributed by atoms with Gasteiger partial charge in [0, 0.05) is 12.4 Å². The highest BCUT2D eigenvalue weighted by molar-refractivity contribution is 5.01. The Hall–Kier alpha value is -1.51. The molecule has 0 N–H and O–H groups in total. The molecule has 9 heteroatoms. The van der Waals surface area contributed by atoms with E-state index >= 15 is 0 Å². The fourth-order valence-electron chi connectivity index (χ4n) is 2.24. The predicted molar refractivity (Wildman–Crippen MR) is 67.7 cm³/mol. The summed E-state index contributed by atoms with van der Waals surface area (Å²) in [7, 11) is 0. The van der Waals surface area contributed by atoms with Gasteiger partial charge in [-0.05, 0) is 31.8 Å². The summed E-state index contributed by atoms with van der Waals surface area (Å²) in [6.07, 6.45) is -0.0380. The molecule has 0 saturated carbocycles. The van der Waals surface area contributed by atoms with Crippen LogP contribution in [0.3, 0.4) is 0 Å². The number of halogens is 5. The summed E-state index contributed by atoms with van der Waals surface area (Å²) in [5.41, 5.74) is 0. The Morgan fingerprint density at radius 3 is 2.36 bits per heavy atom. The average Bonchev–Trinajstić information content (AvgIpc) is 2.46. The summed E-state index contributed by atoms with van der Waals surface area (Å²) in [4.78, 5) is 8.92. The third-order valence-corrected chi connectivity index (χ3v) is 3.55. The van der Waals surface area contributed by atoms with Crippen LogP contribution in [0.5, 0.6) is 5.88 Å². The first-order valence-corrected chi connectivity index (χ1v) is 6.83. The number of nitrogens with zero attached hydrogens (tertiary/aromatic N) is 3. The highest BCUT2D eigenvalue weighted by Gasteiger charge is 2.58. The Kier molecular flexibility index (Phi) is 5.15. The number of aromatic nitrogens is 2. The van der Waals surface area contributed by atoms with Gasteiger partial charge in [-0.25, -0.2) is 4.98 Å². The van der Waals surface area contributed by atoms with Gasteiger partial charge in [0.2, 0.25) is 5.88 Å². The van der Waals surface area contributed by atoms with Gasteiger partial charge in [-0.2, -0.15) is 22.0 Å². The van der Waals surface area contributed by atoms with Gasteiger partial charge < -0.3 is 4.74 Å². The van der Waals surface area contributed by atoms with Gasteiger partial charge in [0.25, 0.3) is 0 Å². The molecule has 22 heavy (non-hydrogen) atoms. The maximum absolute atomic E-state index is 13.0. The van der Waals surface area contributed by atoms with Crippen LogP contribution in [0.25, 0.3) is 0 Å². The van der Waals surface area contributed by atoms with Crippen molar-refractivity contribution in [3.8, 4) is 5.88 Å². The number of likely N-dealkylation sites (tertiary alicyclic amines) is 1. The lowest BCUT2D eigenvalue weighted by Crippen LogP contribution is -2.49. The molecule has 0 radical (unpaired) electrons. The first-order valence-electron chi connectivity index (χ1n) is 6.83. The Balaban J connectivity index is 1.74. The molecule has 2 rings (SSSR count). The van der Waals surface area contributed by atoms with Crippen LogP contribution in [-0.2, 0) is 0 Å². The average molecular weight is 325 g/mol. The fraction of sp³-hybridized carbons (Fsp3) is 0.692. The Morgan fingerprint density at radius 2 is 1.82 bits per heavy atom. The molecule has 0 unspecified atom stereocenters. The van der Waals surface area contributed by atoms with Gasteiger partial charge in [-0.1, -0.05) is 0 Å². The number of piperidine rings is 1. The molecule has 1 aliphatic rings. The van der Waals surface area contributed by atoms with Crippen LogP contribution in [0, 0.1) is 5.92 Å². The maximum Gasteiger partial charge on any atom is 0.454 e. The molecule has 2 heterocycles. The topological polar surface area (TPSA) is 38.2 Å². The van der Waals surface area contributed by atoms with Crippen LogP contribution in [0.1, 0.15) is 12.8 Å². The van der Waals surface area contributed by atoms with Crippen LogP contribution in [0.4, 0.5) is 22.0 Å². The fourth-order valence-corrected chi connectivity index (χ4v) is 2.24. The van der Waals surface area contributed by atoms with Crippen molar-refractivity contribution in [3.63, 3.8) is 0 Å². The van der Waals surface area contributed by atoms with Crippen molar-refractivity contribution < 1.29 is 26.7 Å². The van der Waals surface area contributed by atoms with E-state index in [2.05, 4.69) is 9.97 Å². The van der Waals surface area contributed by atoms with Crippen LogP contribution in [0.2, 0.25) is 0 Å². The minimum absolute atomic E-state index is 0.109. The van der Waals surface area contributed by atoms with Crippen LogP contribution >= 0.6 is 0 Å². The first kappa shape index (κ1) is 16.9. The minimum Gasteiger partial charge on any atom is -0.476 e. The second-order valence-electron chi connectivity index (χ2n) is 5.28. The quantitative estimate of drug-likeness (QED) is 0.780. The summed E-state index contributed by atoms with van der Waals surface area (Å²) >= 11 is 0. The Bertz CT molecular complexity index is 460. The van der Waals surface area contributed by atoms with E-state index in [1.807, 2.05) is 0 Å². The molecular weight excluding hydrogens is 309 g/mol. The van der Waals surface area contributed by atoms with Gasteiger partial charge >= 0.3 is 12.1 Å². The molecule has 1 fully saturated rings. The lowest BCUT2D eigenvalue weighted by atomic mass is 9.97. The van der Waals surface area contributed by atoms with E-state index in [4.69, 9.17) is 4.74 Å². The molecule has 0 bridgehead atoms. The highest BCUT2D eigenvalue weighted by Crippen LogP contribution is 2.36. The standard InChI is InChI=1S/C13H16F5N3O/c14-12(15,13(16,17)18)9-21-5-1-10(2-6-21)8-22-11-7-19-3-4-20-11/h3-4,7,10H,1-2,5-6,8-9H2. The maximum atomic E-state index is 13.0. The van der Waals surface area contributed by atoms with Crippen molar-refractivity contribution in [2.75, 3.05) is 26.2 Å². The van der Waals surface area contributed by atoms with Crippen LogP contribution in [-0.4, -0.2) is 53.2 Å². The van der Waals surface area contributed by atoms with Crippen molar-refractivity contribution in [1.29, 1.82) is 0 Å². The number of ether oxygens (including phenoxy) is 1. The molecule has 124 valence electrons. The van der Waals surface area contributed by atoms with E-state index in [-0.39, 0.29) is 19.0 Å². The summed E-state index contributed by atoms with van der Waals surface area (Å²) in [5.74, 6) is -4.19. The summed E-state index contributed by atoms with van der Waals surface area (Å²) in [6.45, 7) is -0.545. The van der Waals surface area contributed by atoms with E-state index in [0.29, 0.717) is 25.3 Å². The molecule has 0 spiro atoms. The van der Waals surface area contributed by atoms with Crippen molar-refractivity contribution in [3.05, 3.63) is 18.6 Å². The van der Waals surface area contributed by atoms with Crippen molar-refractivity contribution >= 4 is 0 Å². The SMILES string of the molecule is FC(F)(F)C(F)(F)CN1CCC(COc2cnccn2)CC1. The molecule has 4 nitrogen and oxygen atoms in total. The van der Waals surface area contributed by atoms with Gasteiger partial charge in [0.15, 0.2) is 0 Å². The zero-order valence-electron chi connectivity index (χ0n) is 11.7. The van der Waals surface area contributed by atoms with E-state index in [1.165, 1.54) is 18.6 Å². The van der Waals surface area contributed by atoms with E-state index < -0.39 is 18.6 Å². The first-order chi connectivity index (χ1) is 10.3. The predicted octanol–water partition coefficient (Wildman–Crippen LogP) is 2.77. The lowest BCUT2D eigenvalue weighted by molar-refractivity contribution is -0.287. The van der Waals surface area contributed by atoms with Gasteiger partial charge in [-0.3, -0.25) is 9.88 Å². The van der Waals surface area contributed by atoms with Crippen LogP contribution < -0.4 is 4.74 Å². The molecule has 0 aliphatic carbocycles. The largest absolute Gasteiger partial charge is 0.476 e. The van der Waals surface area contributed by atoms with E-state index in [1.54, 1.807) is 0 Å². The van der Waals surface area contributed by atoms with Gasteiger partial charge in [0.1, 0.15) is 0 Å². The highest BCUT2D eigenvalue weighted by atomic mass is 19.4. The molecule has 0 aromatic carbocycles. The van der Waals surface area contributed by atoms with Gasteiger partial charge in [0.05, 0.1) is 19.3 Å². The number of alkyl halides is 5. The second kappa shape index (κ2) is 6.72. The second-order valence-corrected chi connectivity index (χ2v) is 5.28. The monoisotopic (exact) mass is 325 g/mol. The smallest absolute Gasteiger partial charge is 0.454 e. The molecular formula is C13H16F5N3O.